The van der Waals surface area contributed by atoms with E-state index in [9.17, 15) is 39.9 Å². The maximum Gasteiger partial charge on any atom is 0.255 e. The smallest absolute Gasteiger partial charge is 0.255 e. The van der Waals surface area contributed by atoms with Crippen LogP contribution in [-0.2, 0) is 19.1 Å². The van der Waals surface area contributed by atoms with E-state index in [-0.39, 0.29) is 23.9 Å². The lowest BCUT2D eigenvalue weighted by atomic mass is 9.45. The highest BCUT2D eigenvalue weighted by atomic mass is 16.5. The van der Waals surface area contributed by atoms with Gasteiger partial charge in [-0.2, -0.15) is 0 Å². The molecule has 0 aromatic heterocycles. The van der Waals surface area contributed by atoms with Gasteiger partial charge in [-0.1, -0.05) is 6.92 Å². The van der Waals surface area contributed by atoms with E-state index in [2.05, 4.69) is 0 Å². The molecule has 6 rings (SSSR count). The highest BCUT2D eigenvalue weighted by Gasteiger charge is 2.70. The van der Waals surface area contributed by atoms with Crippen LogP contribution in [0.1, 0.15) is 58.3 Å². The van der Waals surface area contributed by atoms with Crippen molar-refractivity contribution in [3.05, 3.63) is 22.7 Å². The van der Waals surface area contributed by atoms with Crippen LogP contribution >= 0.6 is 0 Å². The van der Waals surface area contributed by atoms with Crippen LogP contribution in [0.3, 0.4) is 0 Å². The molecular formula is C28H37NO9. The Morgan fingerprint density at radius 3 is 2.42 bits per heavy atom. The van der Waals surface area contributed by atoms with Gasteiger partial charge in [-0.3, -0.25) is 14.4 Å². The van der Waals surface area contributed by atoms with E-state index in [1.165, 1.54) is 5.57 Å². The molecule has 208 valence electrons. The van der Waals surface area contributed by atoms with Crippen LogP contribution in [0.25, 0.3) is 0 Å². The summed E-state index contributed by atoms with van der Waals surface area (Å²) in [7, 11) is 0. The maximum atomic E-state index is 14.1. The number of carbonyl (C=O) groups excluding carboxylic acids is 3. The van der Waals surface area contributed by atoms with Crippen LogP contribution in [0.15, 0.2) is 22.7 Å². The number of rotatable bonds is 2. The second-order valence-electron chi connectivity index (χ2n) is 12.5. The molecule has 0 radical (unpaired) electrons. The van der Waals surface area contributed by atoms with Gasteiger partial charge in [-0.25, -0.2) is 0 Å². The number of fused-ring (bicyclic) bond motifs is 3. The minimum Gasteiger partial charge on any atom is -0.511 e. The molecule has 7 N–H and O–H groups in total. The Morgan fingerprint density at radius 2 is 1.74 bits per heavy atom. The predicted octanol–water partition coefficient (Wildman–Crippen LogP) is 0.411. The molecule has 0 spiro atoms. The van der Waals surface area contributed by atoms with Gasteiger partial charge in [0.15, 0.2) is 5.60 Å². The van der Waals surface area contributed by atoms with Crippen LogP contribution in [-0.4, -0.2) is 73.0 Å². The summed E-state index contributed by atoms with van der Waals surface area (Å²) in [4.78, 5) is 39.2. The van der Waals surface area contributed by atoms with Crippen LogP contribution in [0.5, 0.6) is 0 Å². The molecular weight excluding hydrogens is 494 g/mol. The molecule has 10 heteroatoms. The average molecular weight is 532 g/mol. The third-order valence-corrected chi connectivity index (χ3v) is 10.9. The number of hydrogen-bond donors (Lipinski definition) is 6. The van der Waals surface area contributed by atoms with Crippen LogP contribution < -0.4 is 5.73 Å². The van der Waals surface area contributed by atoms with Gasteiger partial charge in [0.1, 0.15) is 29.3 Å². The first-order chi connectivity index (χ1) is 18.0. The first kappa shape index (κ1) is 26.0. The number of ketones is 2. The molecule has 0 aromatic rings. The summed E-state index contributed by atoms with van der Waals surface area (Å²) < 4.78 is 6.43. The van der Waals surface area contributed by atoms with E-state index in [1.54, 1.807) is 0 Å². The number of amides is 1. The molecule has 0 aromatic carbocycles. The second-order valence-corrected chi connectivity index (χ2v) is 12.5. The lowest BCUT2D eigenvalue weighted by Gasteiger charge is -2.60. The van der Waals surface area contributed by atoms with E-state index in [1.807, 2.05) is 6.92 Å². The Labute approximate surface area is 220 Å². The summed E-state index contributed by atoms with van der Waals surface area (Å²) in [6.07, 6.45) is 1.12. The van der Waals surface area contributed by atoms with Gasteiger partial charge in [0.2, 0.25) is 5.78 Å². The Morgan fingerprint density at radius 1 is 1.03 bits per heavy atom. The molecule has 38 heavy (non-hydrogen) atoms. The van der Waals surface area contributed by atoms with Crippen molar-refractivity contribution in [2.45, 2.75) is 88.3 Å². The number of aliphatic hydroxyl groups excluding tert-OH is 4. The predicted molar refractivity (Wildman–Crippen MR) is 131 cm³/mol. The average Bonchev–Trinajstić information content (AvgIpc) is 3.30. The summed E-state index contributed by atoms with van der Waals surface area (Å²) in [6, 6.07) is 0. The van der Waals surface area contributed by atoms with Crippen molar-refractivity contribution in [2.75, 3.05) is 0 Å². The highest BCUT2D eigenvalue weighted by Crippen LogP contribution is 2.59. The second kappa shape index (κ2) is 8.87. The molecule has 5 aliphatic carbocycles. The Kier molecular flexibility index (Phi) is 6.07. The van der Waals surface area contributed by atoms with Gasteiger partial charge in [0.05, 0.1) is 23.9 Å². The maximum absolute atomic E-state index is 14.1. The molecule has 0 saturated heterocycles. The number of nitrogens with two attached hydrogens (primary N) is 1. The van der Waals surface area contributed by atoms with Crippen molar-refractivity contribution in [2.24, 2.45) is 47.2 Å². The van der Waals surface area contributed by atoms with Crippen molar-refractivity contribution in [1.29, 1.82) is 0 Å². The SMILES string of the molecule is C[C@H]1C2C(C3CC4=C(CCCC4)O3)CCC(O)C2C(=O)C2C(O)[C@]3(O)C(=O)C(C(N)=O)=C(O)C[C@@H]3[C@@H](O)[C@@H]21. The number of ether oxygens (including phenoxy) is 1. The third kappa shape index (κ3) is 3.36. The number of primary amides is 1. The molecule has 1 amide bonds. The normalized spacial score (nSPS) is 48.6. The lowest BCUT2D eigenvalue weighted by molar-refractivity contribution is -0.238. The lowest BCUT2D eigenvalue weighted by Crippen LogP contribution is -2.74. The Bertz CT molecular complexity index is 1130. The van der Waals surface area contributed by atoms with Gasteiger partial charge in [0.25, 0.3) is 5.91 Å². The van der Waals surface area contributed by atoms with Crippen LogP contribution in [0.2, 0.25) is 0 Å². The van der Waals surface area contributed by atoms with E-state index >= 15 is 0 Å². The summed E-state index contributed by atoms with van der Waals surface area (Å²) in [5, 5.41) is 56.0. The number of carbonyl (C=O) groups is 3. The quantitative estimate of drug-likeness (QED) is 0.274. The van der Waals surface area contributed by atoms with Crippen molar-refractivity contribution in [3.63, 3.8) is 0 Å². The fourth-order valence-electron chi connectivity index (χ4n) is 9.17. The zero-order valence-electron chi connectivity index (χ0n) is 21.5. The van der Waals surface area contributed by atoms with Gasteiger partial charge < -0.3 is 36.0 Å². The number of hydrogen-bond acceptors (Lipinski definition) is 9. The fourth-order valence-corrected chi connectivity index (χ4v) is 9.17. The zero-order chi connectivity index (χ0) is 27.3. The minimum atomic E-state index is -2.67. The van der Waals surface area contributed by atoms with Crippen LogP contribution in [0.4, 0.5) is 0 Å². The minimum absolute atomic E-state index is 0.0400. The summed E-state index contributed by atoms with van der Waals surface area (Å²) in [5.74, 6) is -7.67. The van der Waals surface area contributed by atoms with Gasteiger partial charge in [-0.15, -0.1) is 0 Å². The van der Waals surface area contributed by atoms with E-state index in [4.69, 9.17) is 10.5 Å². The molecule has 10 nitrogen and oxygen atoms in total. The van der Waals surface area contributed by atoms with Crippen LogP contribution in [0, 0.1) is 41.4 Å². The fraction of sp³-hybridized carbons (Fsp3) is 0.750. The van der Waals surface area contributed by atoms with E-state index < -0.39 is 82.8 Å². The van der Waals surface area contributed by atoms with E-state index in [0.29, 0.717) is 12.8 Å². The number of Topliss-reactive ketones (excluding diaryl/α,β-unsaturated/α-hetero) is 2. The largest absolute Gasteiger partial charge is 0.511 e. The first-order valence-electron chi connectivity index (χ1n) is 13.9. The molecule has 0 bridgehead atoms. The van der Waals surface area contributed by atoms with Crippen molar-refractivity contribution >= 4 is 17.5 Å². The molecule has 3 fully saturated rings. The monoisotopic (exact) mass is 531 g/mol. The Balaban J connectivity index is 1.37. The molecule has 1 aliphatic heterocycles. The molecule has 6 aliphatic rings. The topological polar surface area (TPSA) is 188 Å². The van der Waals surface area contributed by atoms with E-state index in [0.717, 1.165) is 37.9 Å². The molecule has 7 unspecified atom stereocenters. The summed E-state index contributed by atoms with van der Waals surface area (Å²) >= 11 is 0. The van der Waals surface area contributed by atoms with Gasteiger partial charge in [0, 0.05) is 42.9 Å². The molecule has 12 atom stereocenters. The van der Waals surface area contributed by atoms with Crippen molar-refractivity contribution in [3.8, 4) is 0 Å². The molecule has 1 heterocycles. The first-order valence-corrected chi connectivity index (χ1v) is 13.9. The van der Waals surface area contributed by atoms with Gasteiger partial charge in [-0.05, 0) is 49.5 Å². The Hall–Kier alpha value is -2.27. The third-order valence-electron chi connectivity index (χ3n) is 10.9. The standard InChI is InChI=1S/C28H37NO9/c1-10-18-12(17-8-11-4-2-3-5-16(11)38-17)6-7-14(30)20(18)24(33)22-19(10)23(32)13-9-15(31)21(27(29)36)25(34)28(13,37)26(22)35/h10,12-14,17-20,22-23,26,30-32,35,37H,2-9H2,1H3,(H2,29,36)/t10-,12?,13+,14?,17?,18?,19+,20?,22?,23+,26?,28+/m0/s1. The highest BCUT2D eigenvalue weighted by molar-refractivity contribution is 6.23. The van der Waals surface area contributed by atoms with Gasteiger partial charge >= 0.3 is 0 Å². The summed E-state index contributed by atoms with van der Waals surface area (Å²) in [5.41, 5.74) is 3.11. The van der Waals surface area contributed by atoms with Crippen molar-refractivity contribution in [1.82, 2.24) is 0 Å². The summed E-state index contributed by atoms with van der Waals surface area (Å²) in [6.45, 7) is 1.89. The molecule has 3 saturated carbocycles. The number of allylic oxidation sites excluding steroid dienone is 2. The number of aliphatic hydroxyl groups is 5. The zero-order valence-corrected chi connectivity index (χ0v) is 21.5. The van der Waals surface area contributed by atoms with Crippen molar-refractivity contribution < 1.29 is 44.7 Å².